The summed E-state index contributed by atoms with van der Waals surface area (Å²) >= 11 is 0. The first kappa shape index (κ1) is 19.8. The Hall–Kier alpha value is -2.55. The number of hydrogen-bond acceptors (Lipinski definition) is 5. The summed E-state index contributed by atoms with van der Waals surface area (Å²) in [7, 11) is 0. The summed E-state index contributed by atoms with van der Waals surface area (Å²) < 4.78 is 34.1. The Labute approximate surface area is 150 Å². The van der Waals surface area contributed by atoms with Gasteiger partial charge in [-0.15, -0.1) is 0 Å². The molecule has 7 nitrogen and oxygen atoms in total. The molecule has 0 saturated heterocycles. The SMILES string of the molecule is C[C@@H](NC(=O)OC(C)(C)C)[C@](O)(Cn1cncn1)c1ccc(F)cc1F. The lowest BCUT2D eigenvalue weighted by molar-refractivity contribution is -0.0250. The monoisotopic (exact) mass is 368 g/mol. The average molecular weight is 368 g/mol. The van der Waals surface area contributed by atoms with Crippen LogP contribution in [-0.4, -0.2) is 37.6 Å². The van der Waals surface area contributed by atoms with E-state index in [1.54, 1.807) is 20.8 Å². The highest BCUT2D eigenvalue weighted by Crippen LogP contribution is 2.30. The Morgan fingerprint density at radius 1 is 1.38 bits per heavy atom. The molecule has 0 bridgehead atoms. The molecule has 9 heteroatoms. The van der Waals surface area contributed by atoms with Crippen molar-refractivity contribution in [3.63, 3.8) is 0 Å². The van der Waals surface area contributed by atoms with Gasteiger partial charge in [-0.2, -0.15) is 5.10 Å². The summed E-state index contributed by atoms with van der Waals surface area (Å²) in [6.07, 6.45) is 1.82. The Bertz CT molecular complexity index is 762. The third kappa shape index (κ3) is 4.75. The first-order chi connectivity index (χ1) is 12.0. The zero-order valence-electron chi connectivity index (χ0n) is 15.0. The van der Waals surface area contributed by atoms with Crippen LogP contribution in [0.3, 0.4) is 0 Å². The van der Waals surface area contributed by atoms with Crippen LogP contribution < -0.4 is 5.32 Å². The average Bonchev–Trinajstić information content (AvgIpc) is 2.97. The van der Waals surface area contributed by atoms with E-state index >= 15 is 0 Å². The summed E-state index contributed by atoms with van der Waals surface area (Å²) in [6, 6.07) is 1.85. The molecule has 2 N–H and O–H groups in total. The Balaban J connectivity index is 2.35. The highest BCUT2D eigenvalue weighted by atomic mass is 19.1. The number of nitrogens with one attached hydrogen (secondary N) is 1. The van der Waals surface area contributed by atoms with E-state index in [0.29, 0.717) is 6.07 Å². The molecule has 0 aliphatic rings. The van der Waals surface area contributed by atoms with Crippen molar-refractivity contribution in [3.8, 4) is 0 Å². The van der Waals surface area contributed by atoms with E-state index in [4.69, 9.17) is 4.74 Å². The molecule has 0 aliphatic heterocycles. The van der Waals surface area contributed by atoms with Gasteiger partial charge in [0.2, 0.25) is 0 Å². The van der Waals surface area contributed by atoms with Crippen molar-refractivity contribution in [1.29, 1.82) is 0 Å². The van der Waals surface area contributed by atoms with E-state index in [-0.39, 0.29) is 12.1 Å². The summed E-state index contributed by atoms with van der Waals surface area (Å²) in [5.74, 6) is -1.72. The summed E-state index contributed by atoms with van der Waals surface area (Å²) in [5, 5.41) is 17.6. The third-order valence-electron chi connectivity index (χ3n) is 3.72. The topological polar surface area (TPSA) is 89.3 Å². The van der Waals surface area contributed by atoms with Gasteiger partial charge in [0.15, 0.2) is 0 Å². The molecule has 1 aromatic carbocycles. The van der Waals surface area contributed by atoms with E-state index in [0.717, 1.165) is 12.1 Å². The fraction of sp³-hybridized carbons (Fsp3) is 0.471. The molecular weight excluding hydrogens is 346 g/mol. The lowest BCUT2D eigenvalue weighted by Gasteiger charge is -2.35. The maximum Gasteiger partial charge on any atom is 0.407 e. The third-order valence-corrected chi connectivity index (χ3v) is 3.72. The molecular formula is C17H22F2N4O3. The largest absolute Gasteiger partial charge is 0.444 e. The Morgan fingerprint density at radius 2 is 2.08 bits per heavy atom. The van der Waals surface area contributed by atoms with Crippen molar-refractivity contribution < 1.29 is 23.4 Å². The lowest BCUT2D eigenvalue weighted by Crippen LogP contribution is -2.52. The minimum Gasteiger partial charge on any atom is -0.444 e. The minimum atomic E-state index is -1.93. The van der Waals surface area contributed by atoms with Crippen LogP contribution in [0.2, 0.25) is 0 Å². The van der Waals surface area contributed by atoms with Crippen LogP contribution in [0.5, 0.6) is 0 Å². The number of carbonyl (C=O) groups is 1. The molecule has 0 radical (unpaired) electrons. The summed E-state index contributed by atoms with van der Waals surface area (Å²) in [5.41, 5.74) is -2.85. The van der Waals surface area contributed by atoms with Crippen molar-refractivity contribution >= 4 is 6.09 Å². The van der Waals surface area contributed by atoms with Crippen LogP contribution in [0.4, 0.5) is 13.6 Å². The molecule has 1 amide bonds. The molecule has 1 heterocycles. The van der Waals surface area contributed by atoms with Crippen LogP contribution >= 0.6 is 0 Å². The molecule has 26 heavy (non-hydrogen) atoms. The van der Waals surface area contributed by atoms with E-state index in [2.05, 4.69) is 15.4 Å². The predicted octanol–water partition coefficient (Wildman–Crippen LogP) is 2.36. The number of aromatic nitrogens is 3. The van der Waals surface area contributed by atoms with Gasteiger partial charge in [0.05, 0.1) is 12.6 Å². The van der Waals surface area contributed by atoms with Gasteiger partial charge >= 0.3 is 6.09 Å². The fourth-order valence-corrected chi connectivity index (χ4v) is 2.46. The highest BCUT2D eigenvalue weighted by Gasteiger charge is 2.40. The second kappa shape index (κ2) is 7.36. The first-order valence-corrected chi connectivity index (χ1v) is 8.01. The van der Waals surface area contributed by atoms with Crippen molar-refractivity contribution in [3.05, 3.63) is 48.1 Å². The predicted molar refractivity (Wildman–Crippen MR) is 89.1 cm³/mol. The molecule has 0 spiro atoms. The normalized spacial score (nSPS) is 15.2. The fourth-order valence-electron chi connectivity index (χ4n) is 2.46. The molecule has 2 rings (SSSR count). The number of amides is 1. The minimum absolute atomic E-state index is 0.182. The van der Waals surface area contributed by atoms with Crippen molar-refractivity contribution in [2.45, 2.75) is 51.5 Å². The lowest BCUT2D eigenvalue weighted by atomic mass is 9.86. The van der Waals surface area contributed by atoms with Crippen LogP contribution in [0, 0.1) is 11.6 Å². The van der Waals surface area contributed by atoms with Gasteiger partial charge in [-0.25, -0.2) is 23.2 Å². The first-order valence-electron chi connectivity index (χ1n) is 8.01. The molecule has 2 atom stereocenters. The van der Waals surface area contributed by atoms with Gasteiger partial charge in [0, 0.05) is 11.6 Å². The molecule has 0 fully saturated rings. The number of benzene rings is 1. The van der Waals surface area contributed by atoms with Crippen molar-refractivity contribution in [2.75, 3.05) is 0 Å². The number of halogens is 2. The molecule has 142 valence electrons. The van der Waals surface area contributed by atoms with Gasteiger partial charge in [-0.05, 0) is 33.8 Å². The van der Waals surface area contributed by atoms with Gasteiger partial charge in [0.25, 0.3) is 0 Å². The van der Waals surface area contributed by atoms with Gasteiger partial charge < -0.3 is 15.2 Å². The second-order valence-corrected chi connectivity index (χ2v) is 7.01. The molecule has 0 unspecified atom stereocenters. The maximum atomic E-state index is 14.4. The zero-order chi connectivity index (χ0) is 19.5. The number of alkyl carbamates (subject to hydrolysis) is 1. The quantitative estimate of drug-likeness (QED) is 0.846. The summed E-state index contributed by atoms with van der Waals surface area (Å²) in [6.45, 7) is 6.35. The van der Waals surface area contributed by atoms with Gasteiger partial charge in [0.1, 0.15) is 35.5 Å². The van der Waals surface area contributed by atoms with Gasteiger partial charge in [-0.1, -0.05) is 6.07 Å². The number of rotatable bonds is 5. The Morgan fingerprint density at radius 3 is 2.62 bits per heavy atom. The van der Waals surface area contributed by atoms with Gasteiger partial charge in [-0.3, -0.25) is 0 Å². The van der Waals surface area contributed by atoms with Crippen molar-refractivity contribution in [1.82, 2.24) is 20.1 Å². The number of aliphatic hydroxyl groups is 1. The Kier molecular flexibility index (Phi) is 5.60. The molecule has 1 aromatic heterocycles. The molecule has 0 saturated carbocycles. The zero-order valence-corrected chi connectivity index (χ0v) is 15.0. The van der Waals surface area contributed by atoms with Crippen LogP contribution in [0.1, 0.15) is 33.3 Å². The molecule has 2 aromatic rings. The van der Waals surface area contributed by atoms with E-state index < -0.39 is 35.0 Å². The number of hydrogen-bond donors (Lipinski definition) is 2. The second-order valence-electron chi connectivity index (χ2n) is 7.01. The van der Waals surface area contributed by atoms with Crippen molar-refractivity contribution in [2.24, 2.45) is 0 Å². The highest BCUT2D eigenvalue weighted by molar-refractivity contribution is 5.68. The van der Waals surface area contributed by atoms with Crippen LogP contribution in [0.25, 0.3) is 0 Å². The van der Waals surface area contributed by atoms with Crippen LogP contribution in [0.15, 0.2) is 30.9 Å². The van der Waals surface area contributed by atoms with E-state index in [1.807, 2.05) is 0 Å². The standard InChI is InChI=1S/C17H22F2N4O3/c1-11(22-15(24)26-16(2,3)4)17(25,8-23-10-20-9-21-23)13-6-5-12(18)7-14(13)19/h5-7,9-11,25H,8H2,1-4H3,(H,22,24)/t11-,17-/m1/s1. The maximum absolute atomic E-state index is 14.4. The summed E-state index contributed by atoms with van der Waals surface area (Å²) in [4.78, 5) is 15.8. The number of nitrogens with zero attached hydrogens (tertiary/aromatic N) is 3. The van der Waals surface area contributed by atoms with Crippen LogP contribution in [-0.2, 0) is 16.9 Å². The van der Waals surface area contributed by atoms with E-state index in [1.165, 1.54) is 24.3 Å². The molecule has 0 aliphatic carbocycles. The number of ether oxygens (including phenoxy) is 1. The smallest absolute Gasteiger partial charge is 0.407 e. The number of carbonyl (C=O) groups excluding carboxylic acids is 1. The van der Waals surface area contributed by atoms with E-state index in [9.17, 15) is 18.7 Å².